The predicted octanol–water partition coefficient (Wildman–Crippen LogP) is 0.853. The van der Waals surface area contributed by atoms with Gasteiger partial charge in [0.25, 0.3) is 5.91 Å². The summed E-state index contributed by atoms with van der Waals surface area (Å²) in [5.74, 6) is 0.123. The topological polar surface area (TPSA) is 66.6 Å². The van der Waals surface area contributed by atoms with Gasteiger partial charge in [-0.05, 0) is 23.6 Å². The molecule has 0 radical (unpaired) electrons. The summed E-state index contributed by atoms with van der Waals surface area (Å²) in [5.41, 5.74) is 7.99. The summed E-state index contributed by atoms with van der Waals surface area (Å²) in [4.78, 5) is 13.7. The second-order valence-electron chi connectivity index (χ2n) is 4.39. The van der Waals surface area contributed by atoms with Crippen LogP contribution in [-0.4, -0.2) is 29.1 Å². The highest BCUT2D eigenvalue weighted by Crippen LogP contribution is 2.25. The van der Waals surface area contributed by atoms with Gasteiger partial charge in [-0.1, -0.05) is 13.0 Å². The standard InChI is InChI=1S/C12H16N2O2/c1-8(7-15)5-14-6-9-2-3-10(13)4-11(9)12(14)16/h2-4,8,15H,5-7,13H2,1H3. The van der Waals surface area contributed by atoms with Crippen molar-refractivity contribution in [2.75, 3.05) is 18.9 Å². The van der Waals surface area contributed by atoms with Crippen molar-refractivity contribution in [3.8, 4) is 0 Å². The van der Waals surface area contributed by atoms with Crippen molar-refractivity contribution in [1.29, 1.82) is 0 Å². The molecule has 0 saturated carbocycles. The van der Waals surface area contributed by atoms with Crippen molar-refractivity contribution < 1.29 is 9.90 Å². The summed E-state index contributed by atoms with van der Waals surface area (Å²) in [7, 11) is 0. The molecule has 0 aliphatic carbocycles. The van der Waals surface area contributed by atoms with E-state index in [4.69, 9.17) is 10.8 Å². The zero-order chi connectivity index (χ0) is 11.7. The molecule has 0 fully saturated rings. The maximum atomic E-state index is 12.0. The van der Waals surface area contributed by atoms with E-state index in [0.717, 1.165) is 5.56 Å². The van der Waals surface area contributed by atoms with Crippen molar-refractivity contribution in [1.82, 2.24) is 4.90 Å². The average molecular weight is 220 g/mol. The minimum Gasteiger partial charge on any atom is -0.399 e. The fourth-order valence-corrected chi connectivity index (χ4v) is 1.96. The Bertz CT molecular complexity index is 417. The van der Waals surface area contributed by atoms with E-state index in [9.17, 15) is 4.79 Å². The van der Waals surface area contributed by atoms with E-state index < -0.39 is 0 Å². The Hall–Kier alpha value is -1.55. The molecule has 86 valence electrons. The largest absolute Gasteiger partial charge is 0.399 e. The summed E-state index contributed by atoms with van der Waals surface area (Å²) in [6.45, 7) is 3.23. The maximum Gasteiger partial charge on any atom is 0.254 e. The van der Waals surface area contributed by atoms with Crippen molar-refractivity contribution in [2.45, 2.75) is 13.5 Å². The quantitative estimate of drug-likeness (QED) is 0.742. The van der Waals surface area contributed by atoms with Crippen molar-refractivity contribution in [3.05, 3.63) is 29.3 Å². The zero-order valence-corrected chi connectivity index (χ0v) is 9.31. The van der Waals surface area contributed by atoms with Gasteiger partial charge in [0.1, 0.15) is 0 Å². The summed E-state index contributed by atoms with van der Waals surface area (Å²) < 4.78 is 0. The first kappa shape index (κ1) is 11.0. The highest BCUT2D eigenvalue weighted by atomic mass is 16.3. The Labute approximate surface area is 94.7 Å². The molecule has 0 bridgehead atoms. The Morgan fingerprint density at radius 3 is 3.00 bits per heavy atom. The first-order chi connectivity index (χ1) is 7.61. The molecule has 3 N–H and O–H groups in total. The summed E-state index contributed by atoms with van der Waals surface area (Å²) in [5, 5.41) is 8.98. The number of fused-ring (bicyclic) bond motifs is 1. The number of benzene rings is 1. The van der Waals surface area contributed by atoms with E-state index in [1.165, 1.54) is 0 Å². The smallest absolute Gasteiger partial charge is 0.254 e. The lowest BCUT2D eigenvalue weighted by molar-refractivity contribution is 0.0733. The molecule has 2 rings (SSSR count). The first-order valence-corrected chi connectivity index (χ1v) is 5.40. The van der Waals surface area contributed by atoms with Gasteiger partial charge in [0.15, 0.2) is 0 Å². The van der Waals surface area contributed by atoms with E-state index >= 15 is 0 Å². The predicted molar refractivity (Wildman–Crippen MR) is 61.8 cm³/mol. The lowest BCUT2D eigenvalue weighted by Crippen LogP contribution is -2.30. The number of carbonyl (C=O) groups excluding carboxylic acids is 1. The molecule has 1 aromatic carbocycles. The molecule has 0 spiro atoms. The van der Waals surface area contributed by atoms with Crippen molar-refractivity contribution in [3.63, 3.8) is 0 Å². The number of amides is 1. The number of nitrogen functional groups attached to an aromatic ring is 1. The fraction of sp³-hybridized carbons (Fsp3) is 0.417. The lowest BCUT2D eigenvalue weighted by atomic mass is 10.1. The van der Waals surface area contributed by atoms with E-state index in [0.29, 0.717) is 24.3 Å². The minimum absolute atomic E-state index is 0.0163. The molecule has 1 aliphatic rings. The highest BCUT2D eigenvalue weighted by Gasteiger charge is 2.27. The third kappa shape index (κ3) is 1.88. The van der Waals surface area contributed by atoms with E-state index in [2.05, 4.69) is 0 Å². The number of anilines is 1. The number of aliphatic hydroxyl groups excluding tert-OH is 1. The molecule has 1 atom stereocenters. The molecule has 0 aromatic heterocycles. The molecular weight excluding hydrogens is 204 g/mol. The Morgan fingerprint density at radius 1 is 1.56 bits per heavy atom. The molecule has 1 aliphatic heterocycles. The lowest BCUT2D eigenvalue weighted by Gasteiger charge is -2.19. The molecule has 1 aromatic rings. The van der Waals surface area contributed by atoms with Crippen LogP contribution in [0.1, 0.15) is 22.8 Å². The van der Waals surface area contributed by atoms with Gasteiger partial charge in [0, 0.05) is 30.9 Å². The Balaban J connectivity index is 2.18. The van der Waals surface area contributed by atoms with Gasteiger partial charge in [-0.15, -0.1) is 0 Å². The maximum absolute atomic E-state index is 12.0. The third-order valence-electron chi connectivity index (χ3n) is 2.86. The van der Waals surface area contributed by atoms with Crippen LogP contribution in [0.4, 0.5) is 5.69 Å². The molecule has 4 nitrogen and oxygen atoms in total. The molecule has 16 heavy (non-hydrogen) atoms. The van der Waals surface area contributed by atoms with Crippen LogP contribution in [0.3, 0.4) is 0 Å². The number of aliphatic hydroxyl groups is 1. The normalized spacial score (nSPS) is 16.4. The second kappa shape index (κ2) is 4.14. The molecule has 1 amide bonds. The molecule has 1 heterocycles. The van der Waals surface area contributed by atoms with Gasteiger partial charge in [-0.2, -0.15) is 0 Å². The summed E-state index contributed by atoms with van der Waals surface area (Å²) in [6, 6.07) is 5.43. The third-order valence-corrected chi connectivity index (χ3v) is 2.86. The summed E-state index contributed by atoms with van der Waals surface area (Å²) >= 11 is 0. The molecule has 0 saturated heterocycles. The number of nitrogens with zero attached hydrogens (tertiary/aromatic N) is 1. The second-order valence-corrected chi connectivity index (χ2v) is 4.39. The number of rotatable bonds is 3. The van der Waals surface area contributed by atoms with Gasteiger partial charge in [0.2, 0.25) is 0 Å². The van der Waals surface area contributed by atoms with Crippen LogP contribution in [0.5, 0.6) is 0 Å². The van der Waals surface area contributed by atoms with Crippen LogP contribution < -0.4 is 5.73 Å². The van der Waals surface area contributed by atoms with Gasteiger partial charge >= 0.3 is 0 Å². The van der Waals surface area contributed by atoms with Crippen LogP contribution in [0.25, 0.3) is 0 Å². The van der Waals surface area contributed by atoms with E-state index in [1.54, 1.807) is 11.0 Å². The van der Waals surface area contributed by atoms with Crippen LogP contribution in [0.2, 0.25) is 0 Å². The van der Waals surface area contributed by atoms with Crippen molar-refractivity contribution in [2.24, 2.45) is 5.92 Å². The fourth-order valence-electron chi connectivity index (χ4n) is 1.96. The van der Waals surface area contributed by atoms with E-state index in [-0.39, 0.29) is 18.4 Å². The minimum atomic E-state index is 0.0163. The zero-order valence-electron chi connectivity index (χ0n) is 9.31. The molecule has 1 unspecified atom stereocenters. The van der Waals surface area contributed by atoms with Gasteiger partial charge in [0.05, 0.1) is 0 Å². The number of nitrogens with two attached hydrogens (primary N) is 1. The summed E-state index contributed by atoms with van der Waals surface area (Å²) in [6.07, 6.45) is 0. The van der Waals surface area contributed by atoms with Gasteiger partial charge in [-0.3, -0.25) is 4.79 Å². The average Bonchev–Trinajstić information content (AvgIpc) is 2.56. The van der Waals surface area contributed by atoms with E-state index in [1.807, 2.05) is 19.1 Å². The Kier molecular flexibility index (Phi) is 2.83. The monoisotopic (exact) mass is 220 g/mol. The number of carbonyl (C=O) groups is 1. The first-order valence-electron chi connectivity index (χ1n) is 5.40. The van der Waals surface area contributed by atoms with Gasteiger partial charge in [-0.25, -0.2) is 0 Å². The van der Waals surface area contributed by atoms with Crippen molar-refractivity contribution >= 4 is 11.6 Å². The Morgan fingerprint density at radius 2 is 2.31 bits per heavy atom. The van der Waals surface area contributed by atoms with Crippen LogP contribution >= 0.6 is 0 Å². The van der Waals surface area contributed by atoms with Crippen LogP contribution in [0, 0.1) is 5.92 Å². The highest BCUT2D eigenvalue weighted by molar-refractivity contribution is 5.99. The van der Waals surface area contributed by atoms with Crippen LogP contribution in [-0.2, 0) is 6.54 Å². The molecule has 4 heteroatoms. The number of hydrogen-bond acceptors (Lipinski definition) is 3. The van der Waals surface area contributed by atoms with Crippen LogP contribution in [0.15, 0.2) is 18.2 Å². The van der Waals surface area contributed by atoms with Gasteiger partial charge < -0.3 is 15.7 Å². The number of hydrogen-bond donors (Lipinski definition) is 2. The molecular formula is C12H16N2O2. The SMILES string of the molecule is CC(CO)CN1Cc2ccc(N)cc2C1=O.